The van der Waals surface area contributed by atoms with E-state index in [-0.39, 0.29) is 23.6 Å². The van der Waals surface area contributed by atoms with Crippen LogP contribution < -0.4 is 10.0 Å². The van der Waals surface area contributed by atoms with Gasteiger partial charge in [-0.3, -0.25) is 14.4 Å². The van der Waals surface area contributed by atoms with E-state index in [1.165, 1.54) is 4.90 Å². The Morgan fingerprint density at radius 2 is 1.64 bits per heavy atom. The summed E-state index contributed by atoms with van der Waals surface area (Å²) in [5.74, 6) is -2.03. The molecule has 0 spiro atoms. The van der Waals surface area contributed by atoms with Gasteiger partial charge in [-0.1, -0.05) is 58.0 Å². The van der Waals surface area contributed by atoms with E-state index in [0.29, 0.717) is 19.4 Å². The van der Waals surface area contributed by atoms with Gasteiger partial charge in [0.2, 0.25) is 33.5 Å². The minimum Gasteiger partial charge on any atom is -0.417 e. The predicted molar refractivity (Wildman–Crippen MR) is 145 cm³/mol. The summed E-state index contributed by atoms with van der Waals surface area (Å²) in [5.41, 5.74) is 0.304. The van der Waals surface area contributed by atoms with Crippen LogP contribution in [-0.4, -0.2) is 72.0 Å². The van der Waals surface area contributed by atoms with Gasteiger partial charge in [-0.2, -0.15) is 0 Å². The topological polar surface area (TPSA) is 152 Å². The van der Waals surface area contributed by atoms with Gasteiger partial charge in [0, 0.05) is 6.54 Å². The van der Waals surface area contributed by atoms with Crippen LogP contribution in [0.5, 0.6) is 0 Å². The van der Waals surface area contributed by atoms with Crippen molar-refractivity contribution in [3.8, 4) is 0 Å². The van der Waals surface area contributed by atoms with E-state index in [2.05, 4.69) is 20.2 Å². The molecule has 12 heteroatoms. The van der Waals surface area contributed by atoms with Crippen LogP contribution >= 0.6 is 0 Å². The number of Topliss-reactive ketones (excluding diaryl/α,β-unsaturated/α-hetero) is 1. The number of carbonyl (C=O) groups excluding carboxylic acids is 3. The van der Waals surface area contributed by atoms with Gasteiger partial charge < -0.3 is 14.6 Å². The summed E-state index contributed by atoms with van der Waals surface area (Å²) in [4.78, 5) is 41.5. The Morgan fingerprint density at radius 3 is 2.21 bits per heavy atom. The molecule has 2 aromatic rings. The van der Waals surface area contributed by atoms with Crippen LogP contribution in [0.1, 0.15) is 76.5 Å². The van der Waals surface area contributed by atoms with Crippen molar-refractivity contribution in [2.75, 3.05) is 12.8 Å². The van der Waals surface area contributed by atoms with Crippen molar-refractivity contribution in [2.24, 2.45) is 11.8 Å². The van der Waals surface area contributed by atoms with Crippen LogP contribution in [0.3, 0.4) is 0 Å². The third-order valence-corrected chi connectivity index (χ3v) is 7.71. The Balaban J connectivity index is 1.78. The Hall–Kier alpha value is -3.12. The summed E-state index contributed by atoms with van der Waals surface area (Å²) in [6, 6.07) is 6.80. The number of aromatic nitrogens is 2. The van der Waals surface area contributed by atoms with Crippen molar-refractivity contribution < 1.29 is 27.2 Å². The standard InChI is InChI=1S/C27H39N5O6S/c1-16(2)20(22(33)24-29-30-26(38-24)27(5,6)18-12-9-8-10-13-18)28-23(34)19-14-11-15-32(19)25(35)21(17(3)4)31-39(7,36)37/h8-10,12-13,16-17,19-21,31H,11,14-15H2,1-7H3,(H,28,34)/t19-,20-,21-/m0/s1. The lowest BCUT2D eigenvalue weighted by Crippen LogP contribution is -2.57. The van der Waals surface area contributed by atoms with Gasteiger partial charge in [0.25, 0.3) is 5.89 Å². The average Bonchev–Trinajstić information content (AvgIpc) is 3.55. The minimum absolute atomic E-state index is 0.204. The first kappa shape index (κ1) is 30.4. The quantitative estimate of drug-likeness (QED) is 0.397. The monoisotopic (exact) mass is 561 g/mol. The van der Waals surface area contributed by atoms with Crippen LogP contribution in [0.4, 0.5) is 0 Å². The molecule has 2 heterocycles. The summed E-state index contributed by atoms with van der Waals surface area (Å²) in [5, 5.41) is 10.9. The molecule has 2 N–H and O–H groups in total. The molecule has 0 unspecified atom stereocenters. The molecule has 1 aromatic heterocycles. The fourth-order valence-electron chi connectivity index (χ4n) is 4.66. The zero-order valence-corrected chi connectivity index (χ0v) is 24.4. The summed E-state index contributed by atoms with van der Waals surface area (Å²) in [7, 11) is -3.65. The van der Waals surface area contributed by atoms with E-state index in [0.717, 1.165) is 11.8 Å². The number of rotatable bonds is 11. The lowest BCUT2D eigenvalue weighted by atomic mass is 9.85. The Labute approximate surface area is 230 Å². The third kappa shape index (κ3) is 7.10. The van der Waals surface area contributed by atoms with Crippen LogP contribution in [-0.2, 0) is 25.0 Å². The molecule has 2 amide bonds. The van der Waals surface area contributed by atoms with Gasteiger partial charge in [-0.25, -0.2) is 13.1 Å². The zero-order valence-electron chi connectivity index (χ0n) is 23.6. The van der Waals surface area contributed by atoms with Crippen molar-refractivity contribution in [2.45, 2.75) is 77.9 Å². The smallest absolute Gasteiger partial charge is 0.286 e. The van der Waals surface area contributed by atoms with Crippen molar-refractivity contribution in [3.63, 3.8) is 0 Å². The molecule has 1 fully saturated rings. The first-order chi connectivity index (χ1) is 18.1. The van der Waals surface area contributed by atoms with Gasteiger partial charge in [0.15, 0.2) is 0 Å². The molecule has 3 atom stereocenters. The molecule has 1 aromatic carbocycles. The summed E-state index contributed by atoms with van der Waals surface area (Å²) in [6.07, 6.45) is 1.97. The number of nitrogens with zero attached hydrogens (tertiary/aromatic N) is 3. The molecule has 0 bridgehead atoms. The zero-order chi connectivity index (χ0) is 29.1. The fraction of sp³-hybridized carbons (Fsp3) is 0.593. The lowest BCUT2D eigenvalue weighted by molar-refractivity contribution is -0.140. The highest BCUT2D eigenvalue weighted by molar-refractivity contribution is 7.88. The number of ketones is 1. The van der Waals surface area contributed by atoms with E-state index in [1.807, 2.05) is 44.2 Å². The Morgan fingerprint density at radius 1 is 1.03 bits per heavy atom. The van der Waals surface area contributed by atoms with Crippen LogP contribution in [0, 0.1) is 11.8 Å². The van der Waals surface area contributed by atoms with Crippen LogP contribution in [0.25, 0.3) is 0 Å². The Bertz CT molecular complexity index is 1290. The number of carbonyl (C=O) groups is 3. The van der Waals surface area contributed by atoms with Gasteiger partial charge in [-0.05, 0) is 44.1 Å². The Kier molecular flexibility index (Phi) is 9.32. The highest BCUT2D eigenvalue weighted by Crippen LogP contribution is 2.30. The van der Waals surface area contributed by atoms with Crippen molar-refractivity contribution >= 4 is 27.6 Å². The highest BCUT2D eigenvalue weighted by atomic mass is 32.2. The molecule has 0 aliphatic carbocycles. The second kappa shape index (κ2) is 12.0. The number of sulfonamides is 1. The second-order valence-electron chi connectivity index (χ2n) is 11.3. The van der Waals surface area contributed by atoms with Crippen molar-refractivity contribution in [1.29, 1.82) is 0 Å². The molecule has 1 aliphatic rings. The molecule has 214 valence electrons. The van der Waals surface area contributed by atoms with Gasteiger partial charge in [0.1, 0.15) is 12.1 Å². The summed E-state index contributed by atoms with van der Waals surface area (Å²) < 4.78 is 31.9. The molecule has 1 aliphatic heterocycles. The normalized spacial score (nSPS) is 17.9. The van der Waals surface area contributed by atoms with E-state index in [9.17, 15) is 22.8 Å². The molecular weight excluding hydrogens is 522 g/mol. The molecule has 11 nitrogen and oxygen atoms in total. The van der Waals surface area contributed by atoms with E-state index in [4.69, 9.17) is 4.42 Å². The fourth-order valence-corrected chi connectivity index (χ4v) is 5.49. The van der Waals surface area contributed by atoms with Gasteiger partial charge in [-0.15, -0.1) is 10.2 Å². The number of nitrogens with one attached hydrogen (secondary N) is 2. The van der Waals surface area contributed by atoms with Crippen LogP contribution in [0.2, 0.25) is 0 Å². The lowest BCUT2D eigenvalue weighted by Gasteiger charge is -2.31. The molecule has 1 saturated heterocycles. The maximum absolute atomic E-state index is 13.4. The first-order valence-corrected chi connectivity index (χ1v) is 15.0. The van der Waals surface area contributed by atoms with Crippen LogP contribution in [0.15, 0.2) is 34.7 Å². The minimum atomic E-state index is -3.65. The average molecular weight is 562 g/mol. The molecule has 39 heavy (non-hydrogen) atoms. The largest absolute Gasteiger partial charge is 0.417 e. The van der Waals surface area contributed by atoms with Crippen molar-refractivity contribution in [3.05, 3.63) is 47.7 Å². The van der Waals surface area contributed by atoms with Crippen molar-refractivity contribution in [1.82, 2.24) is 25.1 Å². The number of benzene rings is 1. The van der Waals surface area contributed by atoms with E-state index in [1.54, 1.807) is 27.7 Å². The highest BCUT2D eigenvalue weighted by Gasteiger charge is 2.41. The summed E-state index contributed by atoms with van der Waals surface area (Å²) >= 11 is 0. The maximum atomic E-state index is 13.4. The maximum Gasteiger partial charge on any atom is 0.286 e. The molecule has 0 radical (unpaired) electrons. The second-order valence-corrected chi connectivity index (χ2v) is 13.1. The number of hydrogen-bond donors (Lipinski definition) is 2. The molecular formula is C27H39N5O6S. The van der Waals surface area contributed by atoms with E-state index < -0.39 is 51.2 Å². The number of likely N-dealkylation sites (tertiary alicyclic amines) is 1. The van der Waals surface area contributed by atoms with Gasteiger partial charge >= 0.3 is 0 Å². The third-order valence-electron chi connectivity index (χ3n) is 7.03. The summed E-state index contributed by atoms with van der Waals surface area (Å²) in [6.45, 7) is 11.2. The molecule has 0 saturated carbocycles. The van der Waals surface area contributed by atoms with Gasteiger partial charge in [0.05, 0.1) is 17.7 Å². The predicted octanol–water partition coefficient (Wildman–Crippen LogP) is 2.28. The SMILES string of the molecule is CC(C)[C@H](NC(=O)[C@@H]1CCCN1C(=O)[C@@H](NS(C)(=O)=O)C(C)C)C(=O)c1nnc(C(C)(C)c2ccccc2)o1. The molecule has 3 rings (SSSR count). The van der Waals surface area contributed by atoms with E-state index >= 15 is 0 Å². The number of amides is 2. The first-order valence-electron chi connectivity index (χ1n) is 13.1. The number of hydrogen-bond acceptors (Lipinski definition) is 8.